The Kier molecular flexibility index (Phi) is 5.41. The van der Waals surface area contributed by atoms with Gasteiger partial charge < -0.3 is 15.4 Å². The summed E-state index contributed by atoms with van der Waals surface area (Å²) in [7, 11) is 0. The third-order valence-electron chi connectivity index (χ3n) is 4.43. The molecule has 138 valence electrons. The molecule has 0 aliphatic carbocycles. The lowest BCUT2D eigenvalue weighted by Crippen LogP contribution is -2.58. The lowest BCUT2D eigenvalue weighted by molar-refractivity contribution is -0.184. The van der Waals surface area contributed by atoms with Gasteiger partial charge in [0, 0.05) is 44.2 Å². The van der Waals surface area contributed by atoms with Gasteiger partial charge in [-0.3, -0.25) is 9.69 Å². The highest BCUT2D eigenvalue weighted by atomic mass is 35.5. The molecule has 2 aliphatic rings. The van der Waals surface area contributed by atoms with Crippen molar-refractivity contribution >= 4 is 17.5 Å². The Morgan fingerprint density at radius 2 is 2.12 bits per heavy atom. The van der Waals surface area contributed by atoms with Gasteiger partial charge in [-0.15, -0.1) is 0 Å². The number of piperazine rings is 1. The number of alkyl halides is 3. The number of carbonyl (C=O) groups excluding carboxylic acids is 1. The normalized spacial score (nSPS) is 22.2. The predicted octanol–water partition coefficient (Wildman–Crippen LogP) is 1.60. The first-order chi connectivity index (χ1) is 11.8. The van der Waals surface area contributed by atoms with Crippen molar-refractivity contribution in [1.82, 2.24) is 15.5 Å². The molecular formula is C16H19ClF3N3O2. The summed E-state index contributed by atoms with van der Waals surface area (Å²) in [6.07, 6.45) is -4.94. The van der Waals surface area contributed by atoms with E-state index in [0.717, 1.165) is 5.56 Å². The van der Waals surface area contributed by atoms with E-state index >= 15 is 0 Å². The highest BCUT2D eigenvalue weighted by molar-refractivity contribution is 6.30. The molecule has 3 rings (SSSR count). The van der Waals surface area contributed by atoms with Crippen LogP contribution in [-0.2, 0) is 11.2 Å². The zero-order valence-electron chi connectivity index (χ0n) is 13.4. The van der Waals surface area contributed by atoms with Crippen molar-refractivity contribution in [3.05, 3.63) is 28.8 Å². The maximum atomic E-state index is 13.3. The van der Waals surface area contributed by atoms with Crippen LogP contribution >= 0.6 is 11.6 Å². The molecule has 1 saturated heterocycles. The summed E-state index contributed by atoms with van der Waals surface area (Å²) >= 11 is 5.90. The van der Waals surface area contributed by atoms with E-state index in [-0.39, 0.29) is 0 Å². The van der Waals surface area contributed by atoms with E-state index in [1.54, 1.807) is 18.2 Å². The number of hydrogen-bond acceptors (Lipinski definition) is 4. The second kappa shape index (κ2) is 7.39. The fraction of sp³-hybridized carbons (Fsp3) is 0.562. The molecule has 0 radical (unpaired) electrons. The quantitative estimate of drug-likeness (QED) is 0.837. The molecule has 0 saturated carbocycles. The summed E-state index contributed by atoms with van der Waals surface area (Å²) < 4.78 is 45.5. The first-order valence-corrected chi connectivity index (χ1v) is 8.46. The van der Waals surface area contributed by atoms with E-state index in [2.05, 4.69) is 10.6 Å². The molecule has 0 aromatic heterocycles. The van der Waals surface area contributed by atoms with Crippen LogP contribution in [0.5, 0.6) is 5.75 Å². The van der Waals surface area contributed by atoms with Gasteiger partial charge in [-0.2, -0.15) is 13.2 Å². The van der Waals surface area contributed by atoms with Crippen LogP contribution < -0.4 is 15.4 Å². The van der Waals surface area contributed by atoms with Crippen molar-refractivity contribution in [1.29, 1.82) is 0 Å². The Labute approximate surface area is 148 Å². The molecule has 1 aromatic rings. The zero-order valence-corrected chi connectivity index (χ0v) is 14.2. The highest BCUT2D eigenvalue weighted by Gasteiger charge is 2.44. The standard InChI is InChI=1S/C16H19ClF3N3O2/c17-11-1-2-12-10(7-11)8-13(25-12)15(24)22-9-14(16(18,19)20)23-5-3-21-4-6-23/h1-2,7,13-14,21H,3-6,8-9H2,(H,22,24). The molecule has 5 nitrogen and oxygen atoms in total. The van der Waals surface area contributed by atoms with Crippen LogP contribution in [-0.4, -0.2) is 61.9 Å². The average Bonchev–Trinajstić information content (AvgIpc) is 2.98. The Morgan fingerprint density at radius 1 is 1.40 bits per heavy atom. The van der Waals surface area contributed by atoms with Gasteiger partial charge in [0.25, 0.3) is 5.91 Å². The lowest BCUT2D eigenvalue weighted by Gasteiger charge is -2.36. The number of carbonyl (C=O) groups is 1. The van der Waals surface area contributed by atoms with Crippen LogP contribution in [0.15, 0.2) is 18.2 Å². The van der Waals surface area contributed by atoms with E-state index < -0.39 is 30.8 Å². The van der Waals surface area contributed by atoms with Gasteiger partial charge in [0.1, 0.15) is 11.8 Å². The Bertz CT molecular complexity index is 636. The molecule has 0 spiro atoms. The van der Waals surface area contributed by atoms with Gasteiger partial charge in [-0.25, -0.2) is 0 Å². The van der Waals surface area contributed by atoms with Crippen LogP contribution in [0, 0.1) is 0 Å². The van der Waals surface area contributed by atoms with E-state index in [0.29, 0.717) is 43.4 Å². The van der Waals surface area contributed by atoms with Gasteiger partial charge in [-0.1, -0.05) is 11.6 Å². The molecule has 2 heterocycles. The molecule has 25 heavy (non-hydrogen) atoms. The fourth-order valence-corrected chi connectivity index (χ4v) is 3.31. The van der Waals surface area contributed by atoms with Crippen molar-refractivity contribution < 1.29 is 22.7 Å². The molecule has 9 heteroatoms. The van der Waals surface area contributed by atoms with Crippen LogP contribution in [0.2, 0.25) is 5.02 Å². The van der Waals surface area contributed by atoms with Gasteiger partial charge >= 0.3 is 6.18 Å². The van der Waals surface area contributed by atoms with Gasteiger partial charge in [0.15, 0.2) is 6.10 Å². The molecule has 2 atom stereocenters. The summed E-state index contributed by atoms with van der Waals surface area (Å²) in [6, 6.07) is 3.30. The third-order valence-corrected chi connectivity index (χ3v) is 4.66. The minimum atomic E-state index is -4.41. The maximum Gasteiger partial charge on any atom is 0.405 e. The van der Waals surface area contributed by atoms with E-state index in [1.165, 1.54) is 4.90 Å². The number of amides is 1. The Balaban J connectivity index is 1.59. The number of halogens is 4. The van der Waals surface area contributed by atoms with Crippen molar-refractivity contribution in [3.8, 4) is 5.75 Å². The topological polar surface area (TPSA) is 53.6 Å². The largest absolute Gasteiger partial charge is 0.480 e. The monoisotopic (exact) mass is 377 g/mol. The Morgan fingerprint density at radius 3 is 2.80 bits per heavy atom. The first kappa shape index (κ1) is 18.3. The molecular weight excluding hydrogens is 359 g/mol. The fourth-order valence-electron chi connectivity index (χ4n) is 3.12. The smallest absolute Gasteiger partial charge is 0.405 e. The minimum Gasteiger partial charge on any atom is -0.480 e. The molecule has 1 fully saturated rings. The summed E-state index contributed by atoms with van der Waals surface area (Å²) in [5.74, 6) is -0.00395. The van der Waals surface area contributed by atoms with Crippen LogP contribution in [0.1, 0.15) is 5.56 Å². The third kappa shape index (κ3) is 4.37. The second-order valence-electron chi connectivity index (χ2n) is 6.15. The summed E-state index contributed by atoms with van der Waals surface area (Å²) in [5, 5.41) is 5.94. The molecule has 1 amide bonds. The molecule has 2 unspecified atom stereocenters. The molecule has 2 N–H and O–H groups in total. The van der Waals surface area contributed by atoms with Gasteiger partial charge in [0.05, 0.1) is 0 Å². The number of nitrogens with one attached hydrogen (secondary N) is 2. The maximum absolute atomic E-state index is 13.3. The number of ether oxygens (including phenoxy) is 1. The van der Waals surface area contributed by atoms with Crippen LogP contribution in [0.4, 0.5) is 13.2 Å². The van der Waals surface area contributed by atoms with Crippen molar-refractivity contribution in [2.24, 2.45) is 0 Å². The highest BCUT2D eigenvalue weighted by Crippen LogP contribution is 2.31. The number of fused-ring (bicyclic) bond motifs is 1. The Hall–Kier alpha value is -1.51. The number of nitrogens with zero attached hydrogens (tertiary/aromatic N) is 1. The lowest BCUT2D eigenvalue weighted by atomic mass is 10.1. The minimum absolute atomic E-state index is 0.296. The van der Waals surface area contributed by atoms with Gasteiger partial charge in [0.2, 0.25) is 0 Å². The predicted molar refractivity (Wildman–Crippen MR) is 86.9 cm³/mol. The number of hydrogen-bond donors (Lipinski definition) is 2. The van der Waals surface area contributed by atoms with E-state index in [1.807, 2.05) is 0 Å². The summed E-state index contributed by atoms with van der Waals surface area (Å²) in [4.78, 5) is 13.6. The van der Waals surface area contributed by atoms with Gasteiger partial charge in [-0.05, 0) is 23.8 Å². The summed E-state index contributed by atoms with van der Waals surface area (Å²) in [6.45, 7) is 1.11. The van der Waals surface area contributed by atoms with Crippen molar-refractivity contribution in [2.45, 2.75) is 24.7 Å². The van der Waals surface area contributed by atoms with Crippen LogP contribution in [0.3, 0.4) is 0 Å². The molecule has 1 aromatic carbocycles. The zero-order chi connectivity index (χ0) is 18.0. The molecule has 0 bridgehead atoms. The number of benzene rings is 1. The van der Waals surface area contributed by atoms with Crippen molar-refractivity contribution in [2.75, 3.05) is 32.7 Å². The van der Waals surface area contributed by atoms with E-state index in [9.17, 15) is 18.0 Å². The average molecular weight is 378 g/mol. The second-order valence-corrected chi connectivity index (χ2v) is 6.59. The van der Waals surface area contributed by atoms with E-state index in [4.69, 9.17) is 16.3 Å². The number of rotatable bonds is 4. The first-order valence-electron chi connectivity index (χ1n) is 8.09. The van der Waals surface area contributed by atoms with Crippen molar-refractivity contribution in [3.63, 3.8) is 0 Å². The summed E-state index contributed by atoms with van der Waals surface area (Å²) in [5.41, 5.74) is 0.780. The SMILES string of the molecule is O=C(NCC(N1CCNCC1)C(F)(F)F)C1Cc2cc(Cl)ccc2O1. The molecule has 2 aliphatic heterocycles. The van der Waals surface area contributed by atoms with Crippen LogP contribution in [0.25, 0.3) is 0 Å².